The third-order valence-electron chi connectivity index (χ3n) is 3.95. The van der Waals surface area contributed by atoms with Crippen LogP contribution >= 0.6 is 0 Å². The first-order chi connectivity index (χ1) is 11.6. The first kappa shape index (κ1) is 16.4. The van der Waals surface area contributed by atoms with Crippen molar-refractivity contribution in [2.24, 2.45) is 0 Å². The highest BCUT2D eigenvalue weighted by Crippen LogP contribution is 2.20. The summed E-state index contributed by atoms with van der Waals surface area (Å²) in [6, 6.07) is 5.64. The van der Waals surface area contributed by atoms with Crippen molar-refractivity contribution in [1.29, 1.82) is 0 Å². The van der Waals surface area contributed by atoms with Crippen molar-refractivity contribution in [3.63, 3.8) is 0 Å². The topological polar surface area (TPSA) is 72.3 Å². The molecule has 24 heavy (non-hydrogen) atoms. The average molecular weight is 329 g/mol. The summed E-state index contributed by atoms with van der Waals surface area (Å²) >= 11 is 0. The molecular formula is C17H23N5O2. The molecule has 0 bridgehead atoms. The lowest BCUT2D eigenvalue weighted by atomic mass is 10.2. The molecule has 1 fully saturated rings. The average Bonchev–Trinajstić information content (AvgIpc) is 3.07. The summed E-state index contributed by atoms with van der Waals surface area (Å²) in [7, 11) is 0. The highest BCUT2D eigenvalue weighted by Gasteiger charge is 2.23. The second kappa shape index (κ2) is 7.44. The monoisotopic (exact) mass is 329 g/mol. The first-order valence-electron chi connectivity index (χ1n) is 8.24. The zero-order valence-corrected chi connectivity index (χ0v) is 14.1. The Morgan fingerprint density at radius 2 is 2.12 bits per heavy atom. The Morgan fingerprint density at radius 3 is 2.83 bits per heavy atom. The molecule has 1 aliphatic rings. The maximum atomic E-state index is 12.3. The van der Waals surface area contributed by atoms with E-state index in [0.717, 1.165) is 18.8 Å². The maximum Gasteiger partial charge on any atom is 0.270 e. The molecule has 0 aromatic carbocycles. The number of pyridine rings is 1. The SMILES string of the molecule is C[C@@H]1CN(c2ccnc(C(=O)NCCn3cccn3)c2)C[C@H](C)O1. The molecule has 1 N–H and O–H groups in total. The lowest BCUT2D eigenvalue weighted by molar-refractivity contribution is -0.00522. The molecule has 2 aromatic heterocycles. The molecule has 2 atom stereocenters. The number of hydrogen-bond donors (Lipinski definition) is 1. The van der Waals surface area contributed by atoms with E-state index in [1.807, 2.05) is 24.4 Å². The number of rotatable bonds is 5. The van der Waals surface area contributed by atoms with E-state index in [2.05, 4.69) is 34.1 Å². The van der Waals surface area contributed by atoms with Gasteiger partial charge in [0.1, 0.15) is 5.69 Å². The number of carbonyl (C=O) groups is 1. The van der Waals surface area contributed by atoms with Gasteiger partial charge in [0, 0.05) is 43.9 Å². The largest absolute Gasteiger partial charge is 0.372 e. The Bertz CT molecular complexity index is 663. The normalized spacial score (nSPS) is 20.8. The number of aromatic nitrogens is 3. The van der Waals surface area contributed by atoms with Crippen LogP contribution in [0.4, 0.5) is 5.69 Å². The minimum atomic E-state index is -0.168. The summed E-state index contributed by atoms with van der Waals surface area (Å²) in [6.07, 6.45) is 5.62. The third-order valence-corrected chi connectivity index (χ3v) is 3.95. The number of ether oxygens (including phenoxy) is 1. The molecule has 0 spiro atoms. The van der Waals surface area contributed by atoms with Gasteiger partial charge in [-0.15, -0.1) is 0 Å². The Morgan fingerprint density at radius 1 is 1.33 bits per heavy atom. The molecular weight excluding hydrogens is 306 g/mol. The van der Waals surface area contributed by atoms with Crippen molar-refractivity contribution in [3.8, 4) is 0 Å². The fourth-order valence-corrected chi connectivity index (χ4v) is 2.94. The third kappa shape index (κ3) is 4.11. The summed E-state index contributed by atoms with van der Waals surface area (Å²) < 4.78 is 7.54. The number of nitrogens with zero attached hydrogens (tertiary/aromatic N) is 4. The fraction of sp³-hybridized carbons (Fsp3) is 0.471. The van der Waals surface area contributed by atoms with E-state index in [1.165, 1.54) is 0 Å². The minimum absolute atomic E-state index is 0.168. The van der Waals surface area contributed by atoms with Crippen LogP contribution in [0.5, 0.6) is 0 Å². The highest BCUT2D eigenvalue weighted by molar-refractivity contribution is 5.93. The lowest BCUT2D eigenvalue weighted by Gasteiger charge is -2.36. The predicted octanol–water partition coefficient (Wildman–Crippen LogP) is 1.32. The fourth-order valence-electron chi connectivity index (χ4n) is 2.94. The van der Waals surface area contributed by atoms with Crippen molar-refractivity contribution >= 4 is 11.6 Å². The van der Waals surface area contributed by atoms with E-state index in [4.69, 9.17) is 4.74 Å². The zero-order chi connectivity index (χ0) is 16.9. The summed E-state index contributed by atoms with van der Waals surface area (Å²) in [5.41, 5.74) is 1.43. The molecule has 3 rings (SSSR count). The van der Waals surface area contributed by atoms with Gasteiger partial charge in [0.05, 0.1) is 18.8 Å². The van der Waals surface area contributed by atoms with Gasteiger partial charge in [-0.3, -0.25) is 14.5 Å². The van der Waals surface area contributed by atoms with Crippen LogP contribution in [-0.4, -0.2) is 52.5 Å². The maximum absolute atomic E-state index is 12.3. The Labute approximate surface area is 141 Å². The Kier molecular flexibility index (Phi) is 5.10. The van der Waals surface area contributed by atoms with Crippen LogP contribution < -0.4 is 10.2 Å². The number of amides is 1. The second-order valence-corrected chi connectivity index (χ2v) is 6.09. The molecule has 0 unspecified atom stereocenters. The zero-order valence-electron chi connectivity index (χ0n) is 14.1. The van der Waals surface area contributed by atoms with Gasteiger partial charge < -0.3 is 15.0 Å². The molecule has 1 saturated heterocycles. The molecule has 128 valence electrons. The Balaban J connectivity index is 1.60. The van der Waals surface area contributed by atoms with E-state index in [-0.39, 0.29) is 18.1 Å². The standard InChI is InChI=1S/C17H23N5O2/c1-13-11-21(12-14(2)24-13)15-4-6-18-16(10-15)17(23)19-7-9-22-8-3-5-20-22/h3-6,8,10,13-14H,7,9,11-12H2,1-2H3,(H,19,23)/t13-,14+. The number of carbonyl (C=O) groups excluding carboxylic acids is 1. The van der Waals surface area contributed by atoms with Crippen molar-refractivity contribution in [3.05, 3.63) is 42.5 Å². The second-order valence-electron chi connectivity index (χ2n) is 6.09. The summed E-state index contributed by atoms with van der Waals surface area (Å²) in [6.45, 7) is 6.90. The van der Waals surface area contributed by atoms with Gasteiger partial charge in [-0.1, -0.05) is 0 Å². The molecule has 0 aliphatic carbocycles. The highest BCUT2D eigenvalue weighted by atomic mass is 16.5. The van der Waals surface area contributed by atoms with Gasteiger partial charge in [0.2, 0.25) is 0 Å². The van der Waals surface area contributed by atoms with Gasteiger partial charge in [0.15, 0.2) is 0 Å². The number of nitrogens with one attached hydrogen (secondary N) is 1. The van der Waals surface area contributed by atoms with Crippen LogP contribution in [0, 0.1) is 0 Å². The summed E-state index contributed by atoms with van der Waals surface area (Å²) in [5.74, 6) is -0.168. The van der Waals surface area contributed by atoms with E-state index in [0.29, 0.717) is 18.8 Å². The van der Waals surface area contributed by atoms with Gasteiger partial charge in [-0.2, -0.15) is 5.10 Å². The molecule has 7 heteroatoms. The van der Waals surface area contributed by atoms with Crippen LogP contribution in [-0.2, 0) is 11.3 Å². The summed E-state index contributed by atoms with van der Waals surface area (Å²) in [4.78, 5) is 18.7. The van der Waals surface area contributed by atoms with Crippen LogP contribution in [0.3, 0.4) is 0 Å². The van der Waals surface area contributed by atoms with Crippen LogP contribution in [0.2, 0.25) is 0 Å². The molecule has 2 aromatic rings. The number of morpholine rings is 1. The van der Waals surface area contributed by atoms with Crippen molar-refractivity contribution < 1.29 is 9.53 Å². The van der Waals surface area contributed by atoms with Gasteiger partial charge in [0.25, 0.3) is 5.91 Å². The number of hydrogen-bond acceptors (Lipinski definition) is 5. The minimum Gasteiger partial charge on any atom is -0.372 e. The van der Waals surface area contributed by atoms with Crippen molar-refractivity contribution in [2.45, 2.75) is 32.6 Å². The van der Waals surface area contributed by atoms with E-state index < -0.39 is 0 Å². The molecule has 1 aliphatic heterocycles. The van der Waals surface area contributed by atoms with Gasteiger partial charge in [-0.25, -0.2) is 0 Å². The molecule has 1 amide bonds. The van der Waals surface area contributed by atoms with Crippen LogP contribution in [0.25, 0.3) is 0 Å². The smallest absolute Gasteiger partial charge is 0.270 e. The molecule has 0 saturated carbocycles. The van der Waals surface area contributed by atoms with Crippen LogP contribution in [0.15, 0.2) is 36.8 Å². The van der Waals surface area contributed by atoms with Gasteiger partial charge in [-0.05, 0) is 32.0 Å². The van der Waals surface area contributed by atoms with Crippen LogP contribution in [0.1, 0.15) is 24.3 Å². The van der Waals surface area contributed by atoms with Crippen molar-refractivity contribution in [2.75, 3.05) is 24.5 Å². The number of anilines is 1. The van der Waals surface area contributed by atoms with E-state index in [9.17, 15) is 4.79 Å². The van der Waals surface area contributed by atoms with Crippen molar-refractivity contribution in [1.82, 2.24) is 20.1 Å². The molecule has 0 radical (unpaired) electrons. The first-order valence-corrected chi connectivity index (χ1v) is 8.24. The molecule has 3 heterocycles. The van der Waals surface area contributed by atoms with E-state index in [1.54, 1.807) is 17.1 Å². The van der Waals surface area contributed by atoms with E-state index >= 15 is 0 Å². The Hall–Kier alpha value is -2.41. The quantitative estimate of drug-likeness (QED) is 0.896. The summed E-state index contributed by atoms with van der Waals surface area (Å²) in [5, 5.41) is 6.99. The lowest BCUT2D eigenvalue weighted by Crippen LogP contribution is -2.45. The molecule has 7 nitrogen and oxygen atoms in total. The predicted molar refractivity (Wildman–Crippen MR) is 91.0 cm³/mol. The van der Waals surface area contributed by atoms with Gasteiger partial charge >= 0.3 is 0 Å².